The number of hydrogen-bond donors (Lipinski definition) is 3. The first kappa shape index (κ1) is 27.0. The molecular weight excluding hydrogens is 532 g/mol. The van der Waals surface area contributed by atoms with E-state index in [4.69, 9.17) is 22.1 Å². The van der Waals surface area contributed by atoms with Crippen molar-refractivity contribution < 1.29 is 45.4 Å². The minimum atomic E-state index is -4.99. The maximum Gasteiger partial charge on any atom is 0.387 e. The van der Waals surface area contributed by atoms with Crippen molar-refractivity contribution in [2.45, 2.75) is 11.5 Å². The summed E-state index contributed by atoms with van der Waals surface area (Å²) in [5.74, 6) is -4.92. The Labute approximate surface area is 207 Å². The summed E-state index contributed by atoms with van der Waals surface area (Å²) < 4.78 is 92.6. The number of sulfonamides is 1. The van der Waals surface area contributed by atoms with Gasteiger partial charge in [0.25, 0.3) is 10.0 Å². The molecule has 0 aromatic heterocycles. The zero-order valence-corrected chi connectivity index (χ0v) is 19.5. The van der Waals surface area contributed by atoms with Gasteiger partial charge in [0.05, 0.1) is 16.3 Å². The number of rotatable bonds is 10. The molecule has 0 heterocycles. The maximum absolute atomic E-state index is 14.7. The van der Waals surface area contributed by atoms with Crippen LogP contribution in [0.4, 0.5) is 23.2 Å². The summed E-state index contributed by atoms with van der Waals surface area (Å²) in [6, 6.07) is 8.49. The van der Waals surface area contributed by atoms with E-state index in [1.54, 1.807) is 10.8 Å². The Morgan fingerprint density at radius 1 is 1.08 bits per heavy atom. The minimum absolute atomic E-state index is 0.0763. The molecule has 14 heteroatoms. The zero-order chi connectivity index (χ0) is 26.6. The highest BCUT2D eigenvalue weighted by atomic mass is 35.5. The van der Waals surface area contributed by atoms with Crippen LogP contribution in [-0.2, 0) is 10.0 Å². The Morgan fingerprint density at radius 2 is 1.78 bits per heavy atom. The average Bonchev–Trinajstić information content (AvgIpc) is 2.80. The lowest BCUT2D eigenvalue weighted by Crippen LogP contribution is -2.18. The number of alkyl halides is 2. The molecule has 3 rings (SSSR count). The first-order valence-corrected chi connectivity index (χ1v) is 11.8. The van der Waals surface area contributed by atoms with Crippen LogP contribution in [0, 0.1) is 11.6 Å². The number of hydrogen-bond acceptors (Lipinski definition) is 6. The van der Waals surface area contributed by atoms with Crippen LogP contribution >= 0.6 is 11.6 Å². The lowest BCUT2D eigenvalue weighted by molar-refractivity contribution is -0.0516. The summed E-state index contributed by atoms with van der Waals surface area (Å²) in [6.45, 7) is -3.30. The first-order chi connectivity index (χ1) is 16.9. The molecule has 0 amide bonds. The molecule has 0 fully saturated rings. The molecule has 0 aliphatic rings. The number of nitrogens with two attached hydrogens (primary N) is 1. The molecule has 0 radical (unpaired) electrons. The molecule has 0 saturated heterocycles. The SMILES string of the molecule is NCCOc1ccccc1-c1cc(NS(=O)(=O)c2cc(C(=O)O)cc(Cl)c2OC(F)F)c(F)cc1F. The average molecular weight is 549 g/mol. The molecule has 4 N–H and O–H groups in total. The molecule has 0 aliphatic carbocycles. The van der Waals surface area contributed by atoms with Crippen LogP contribution in [0.5, 0.6) is 11.5 Å². The van der Waals surface area contributed by atoms with Gasteiger partial charge in [0.2, 0.25) is 0 Å². The van der Waals surface area contributed by atoms with Crippen LogP contribution in [0.2, 0.25) is 5.02 Å². The van der Waals surface area contributed by atoms with Crippen molar-refractivity contribution in [1.29, 1.82) is 0 Å². The Kier molecular flexibility index (Phi) is 8.28. The van der Waals surface area contributed by atoms with Crippen molar-refractivity contribution in [2.24, 2.45) is 5.73 Å². The highest BCUT2D eigenvalue weighted by Crippen LogP contribution is 2.38. The van der Waals surface area contributed by atoms with Gasteiger partial charge in [0, 0.05) is 23.7 Å². The van der Waals surface area contributed by atoms with Crippen LogP contribution in [0.1, 0.15) is 10.4 Å². The summed E-state index contributed by atoms with van der Waals surface area (Å²) in [5, 5.41) is 8.45. The van der Waals surface area contributed by atoms with Crippen molar-refractivity contribution in [2.75, 3.05) is 17.9 Å². The summed E-state index contributed by atoms with van der Waals surface area (Å²) in [6.07, 6.45) is 0. The second kappa shape index (κ2) is 11.0. The standard InChI is InChI=1S/C22H17ClF4N2O6S/c23-14-7-11(21(30)31)8-19(20(14)35-22(26)27)36(32,33)29-17-9-13(15(24)10-16(17)25)12-3-1-2-4-18(12)34-6-5-28/h1-4,7-10,22,29H,5-6,28H2,(H,30,31). The highest BCUT2D eigenvalue weighted by Gasteiger charge is 2.28. The monoisotopic (exact) mass is 548 g/mol. The van der Waals surface area contributed by atoms with E-state index in [9.17, 15) is 35.9 Å². The molecule has 0 bridgehead atoms. The molecular formula is C22H17ClF4N2O6S. The summed E-state index contributed by atoms with van der Waals surface area (Å²) in [5.41, 5.74) is 3.85. The molecule has 192 valence electrons. The van der Waals surface area contributed by atoms with Crippen LogP contribution < -0.4 is 19.9 Å². The van der Waals surface area contributed by atoms with Gasteiger partial charge in [0.15, 0.2) is 5.75 Å². The third-order valence-corrected chi connectivity index (χ3v) is 6.26. The fraction of sp³-hybridized carbons (Fsp3) is 0.136. The van der Waals surface area contributed by atoms with Crippen molar-refractivity contribution in [3.05, 3.63) is 70.8 Å². The third kappa shape index (κ3) is 5.98. The number of nitrogens with one attached hydrogen (secondary N) is 1. The van der Waals surface area contributed by atoms with E-state index in [2.05, 4.69) is 4.74 Å². The maximum atomic E-state index is 14.7. The van der Waals surface area contributed by atoms with Gasteiger partial charge in [-0.1, -0.05) is 29.8 Å². The molecule has 8 nitrogen and oxygen atoms in total. The molecule has 36 heavy (non-hydrogen) atoms. The van der Waals surface area contributed by atoms with E-state index in [0.29, 0.717) is 18.2 Å². The summed E-state index contributed by atoms with van der Waals surface area (Å²) in [4.78, 5) is 10.2. The van der Waals surface area contributed by atoms with Crippen LogP contribution in [-0.4, -0.2) is 39.3 Å². The predicted octanol–water partition coefficient (Wildman–Crippen LogP) is 4.72. The van der Waals surface area contributed by atoms with Crippen LogP contribution in [0.25, 0.3) is 11.1 Å². The molecule has 0 aliphatic heterocycles. The van der Waals surface area contributed by atoms with Crippen molar-refractivity contribution in [3.63, 3.8) is 0 Å². The normalized spacial score (nSPS) is 11.4. The fourth-order valence-corrected chi connectivity index (χ4v) is 4.67. The van der Waals surface area contributed by atoms with E-state index < -0.39 is 61.2 Å². The highest BCUT2D eigenvalue weighted by molar-refractivity contribution is 7.92. The minimum Gasteiger partial charge on any atom is -0.492 e. The Balaban J connectivity index is 2.13. The summed E-state index contributed by atoms with van der Waals surface area (Å²) >= 11 is 5.79. The molecule has 0 unspecified atom stereocenters. The van der Waals surface area contributed by atoms with Gasteiger partial charge in [-0.2, -0.15) is 8.78 Å². The number of carbonyl (C=O) groups is 1. The predicted molar refractivity (Wildman–Crippen MR) is 122 cm³/mol. The lowest BCUT2D eigenvalue weighted by atomic mass is 10.0. The number of anilines is 1. The van der Waals surface area contributed by atoms with Crippen molar-refractivity contribution >= 4 is 33.3 Å². The number of para-hydroxylation sites is 1. The van der Waals surface area contributed by atoms with Gasteiger partial charge in [-0.05, 0) is 24.3 Å². The van der Waals surface area contributed by atoms with Gasteiger partial charge in [0.1, 0.15) is 28.9 Å². The largest absolute Gasteiger partial charge is 0.492 e. The van der Waals surface area contributed by atoms with Gasteiger partial charge in [-0.15, -0.1) is 0 Å². The second-order valence-corrected chi connectivity index (χ2v) is 9.08. The van der Waals surface area contributed by atoms with Gasteiger partial charge < -0.3 is 20.3 Å². The molecule has 0 atom stereocenters. The van der Waals surface area contributed by atoms with E-state index >= 15 is 0 Å². The number of carboxylic acid groups (broad SMARTS) is 1. The molecule has 0 spiro atoms. The van der Waals surface area contributed by atoms with Crippen molar-refractivity contribution in [1.82, 2.24) is 0 Å². The quantitative estimate of drug-likeness (QED) is 0.313. The zero-order valence-electron chi connectivity index (χ0n) is 18.0. The van der Waals surface area contributed by atoms with E-state index in [1.807, 2.05) is 0 Å². The molecule has 0 saturated carbocycles. The third-order valence-electron chi connectivity index (χ3n) is 4.61. The first-order valence-electron chi connectivity index (χ1n) is 9.90. The lowest BCUT2D eigenvalue weighted by Gasteiger charge is -2.17. The Morgan fingerprint density at radius 3 is 2.42 bits per heavy atom. The van der Waals surface area contributed by atoms with Crippen LogP contribution in [0.3, 0.4) is 0 Å². The van der Waals surface area contributed by atoms with Gasteiger partial charge in [-0.3, -0.25) is 4.72 Å². The number of benzene rings is 3. The van der Waals surface area contributed by atoms with Crippen LogP contribution in [0.15, 0.2) is 53.4 Å². The smallest absolute Gasteiger partial charge is 0.387 e. The Hall–Kier alpha value is -3.55. The van der Waals surface area contributed by atoms with Crippen molar-refractivity contribution in [3.8, 4) is 22.6 Å². The topological polar surface area (TPSA) is 128 Å². The second-order valence-electron chi connectivity index (χ2n) is 7.02. The van der Waals surface area contributed by atoms with E-state index in [1.165, 1.54) is 18.2 Å². The fourth-order valence-electron chi connectivity index (χ4n) is 3.11. The van der Waals surface area contributed by atoms with E-state index in [-0.39, 0.29) is 30.0 Å². The molecule has 3 aromatic carbocycles. The Bertz CT molecular complexity index is 1410. The number of aromatic carboxylic acids is 1. The summed E-state index contributed by atoms with van der Waals surface area (Å²) in [7, 11) is -4.99. The molecule has 3 aromatic rings. The number of ether oxygens (including phenoxy) is 2. The number of halogens is 5. The number of carboxylic acids is 1. The van der Waals surface area contributed by atoms with Gasteiger partial charge >= 0.3 is 12.6 Å². The van der Waals surface area contributed by atoms with Gasteiger partial charge in [-0.25, -0.2) is 22.0 Å². The van der Waals surface area contributed by atoms with E-state index in [0.717, 1.165) is 6.07 Å².